The Morgan fingerprint density at radius 1 is 1.27 bits per heavy atom. The van der Waals surface area contributed by atoms with Crippen LogP contribution in [0.1, 0.15) is 0 Å². The predicted octanol–water partition coefficient (Wildman–Crippen LogP) is 1.51. The molecule has 22 heavy (non-hydrogen) atoms. The van der Waals surface area contributed by atoms with Crippen LogP contribution in [0.5, 0.6) is 5.75 Å². The lowest BCUT2D eigenvalue weighted by molar-refractivity contribution is 0.0849. The molecule has 1 atom stereocenters. The lowest BCUT2D eigenvalue weighted by Gasteiger charge is -2.11. The Labute approximate surface area is 124 Å². The Morgan fingerprint density at radius 3 is 2.82 bits per heavy atom. The van der Waals surface area contributed by atoms with Crippen LogP contribution in [0.2, 0.25) is 0 Å². The first kappa shape index (κ1) is 14.2. The number of benzene rings is 1. The van der Waals surface area contributed by atoms with Gasteiger partial charge in [0.25, 0.3) is 0 Å². The van der Waals surface area contributed by atoms with Gasteiger partial charge in [-0.15, -0.1) is 10.2 Å². The summed E-state index contributed by atoms with van der Waals surface area (Å²) in [7, 11) is 0. The van der Waals surface area contributed by atoms with E-state index >= 15 is 0 Å². The highest BCUT2D eigenvalue weighted by Crippen LogP contribution is 2.13. The molecule has 3 rings (SSSR count). The molecule has 7 nitrogen and oxygen atoms in total. The van der Waals surface area contributed by atoms with Gasteiger partial charge < -0.3 is 14.3 Å². The molecule has 3 aromatic rings. The fraction of sp³-hybridized carbons (Fsp3) is 0.214. The molecule has 0 saturated heterocycles. The van der Waals surface area contributed by atoms with Crippen LogP contribution in [-0.4, -0.2) is 38.0 Å². The lowest BCUT2D eigenvalue weighted by Crippen LogP contribution is -2.24. The Balaban J connectivity index is 1.53. The van der Waals surface area contributed by atoms with Gasteiger partial charge in [0.05, 0.1) is 12.8 Å². The quantitative estimate of drug-likeness (QED) is 0.743. The van der Waals surface area contributed by atoms with E-state index in [1.165, 1.54) is 35.3 Å². The zero-order valence-corrected chi connectivity index (χ0v) is 11.5. The number of hydrogen-bond donors (Lipinski definition) is 1. The molecule has 0 radical (unpaired) electrons. The van der Waals surface area contributed by atoms with Crippen LogP contribution in [0.3, 0.4) is 0 Å². The minimum absolute atomic E-state index is 0.0310. The third kappa shape index (κ3) is 3.47. The molecule has 0 amide bonds. The maximum absolute atomic E-state index is 12.8. The van der Waals surface area contributed by atoms with Crippen molar-refractivity contribution in [2.75, 3.05) is 6.61 Å². The van der Waals surface area contributed by atoms with Gasteiger partial charge in [-0.25, -0.2) is 4.39 Å². The predicted molar refractivity (Wildman–Crippen MR) is 73.4 cm³/mol. The van der Waals surface area contributed by atoms with Gasteiger partial charge >= 0.3 is 0 Å². The Morgan fingerprint density at radius 2 is 2.09 bits per heavy atom. The first-order chi connectivity index (χ1) is 10.7. The van der Waals surface area contributed by atoms with Crippen molar-refractivity contribution in [2.45, 2.75) is 12.6 Å². The van der Waals surface area contributed by atoms with Crippen molar-refractivity contribution in [3.8, 4) is 17.3 Å². The number of aliphatic hydroxyl groups is 1. The summed E-state index contributed by atoms with van der Waals surface area (Å²) in [6.07, 6.45) is 0.685. The lowest BCUT2D eigenvalue weighted by atomic mass is 10.3. The van der Waals surface area contributed by atoms with Crippen LogP contribution in [0, 0.1) is 5.82 Å². The molecule has 1 aromatic carbocycles. The summed E-state index contributed by atoms with van der Waals surface area (Å²) < 4.78 is 23.3. The second-order valence-corrected chi connectivity index (χ2v) is 4.56. The molecule has 0 aliphatic rings. The largest absolute Gasteiger partial charge is 0.491 e. The molecule has 114 valence electrons. The first-order valence-electron chi connectivity index (χ1n) is 6.59. The molecule has 2 heterocycles. The third-order valence-electron chi connectivity index (χ3n) is 2.82. The molecule has 0 aliphatic heterocycles. The number of aliphatic hydroxyl groups excluding tert-OH is 1. The van der Waals surface area contributed by atoms with Crippen LogP contribution in [0.25, 0.3) is 11.6 Å². The third-order valence-corrected chi connectivity index (χ3v) is 2.82. The summed E-state index contributed by atoms with van der Waals surface area (Å²) >= 11 is 0. The van der Waals surface area contributed by atoms with Gasteiger partial charge in [-0.3, -0.25) is 0 Å². The summed E-state index contributed by atoms with van der Waals surface area (Å²) in [5, 5.41) is 21.7. The number of aromatic nitrogens is 4. The van der Waals surface area contributed by atoms with Crippen molar-refractivity contribution in [1.82, 2.24) is 20.2 Å². The van der Waals surface area contributed by atoms with Gasteiger partial charge in [0.1, 0.15) is 24.3 Å². The van der Waals surface area contributed by atoms with Crippen molar-refractivity contribution in [2.24, 2.45) is 0 Å². The SMILES string of the molecule is OC(COc1ccc(F)cc1)Cn1nnc(-c2ccco2)n1. The molecular formula is C14H13FN4O3. The highest BCUT2D eigenvalue weighted by Gasteiger charge is 2.12. The number of tetrazole rings is 1. The smallest absolute Gasteiger partial charge is 0.240 e. The average molecular weight is 304 g/mol. The summed E-state index contributed by atoms with van der Waals surface area (Å²) in [5.41, 5.74) is 0. The van der Waals surface area contributed by atoms with Crippen molar-refractivity contribution < 1.29 is 18.7 Å². The van der Waals surface area contributed by atoms with E-state index in [1.54, 1.807) is 12.1 Å². The van der Waals surface area contributed by atoms with E-state index in [4.69, 9.17) is 9.15 Å². The second-order valence-electron chi connectivity index (χ2n) is 4.56. The van der Waals surface area contributed by atoms with Gasteiger partial charge in [-0.05, 0) is 41.6 Å². The van der Waals surface area contributed by atoms with E-state index in [-0.39, 0.29) is 19.0 Å². The number of rotatable bonds is 6. The van der Waals surface area contributed by atoms with Crippen molar-refractivity contribution in [3.63, 3.8) is 0 Å². The first-order valence-corrected chi connectivity index (χ1v) is 6.59. The fourth-order valence-corrected chi connectivity index (χ4v) is 1.79. The van der Waals surface area contributed by atoms with Crippen LogP contribution in [0.15, 0.2) is 47.1 Å². The van der Waals surface area contributed by atoms with Gasteiger partial charge in [0.15, 0.2) is 5.76 Å². The molecular weight excluding hydrogens is 291 g/mol. The summed E-state index contributed by atoms with van der Waals surface area (Å²) in [5.74, 6) is 0.980. The highest BCUT2D eigenvalue weighted by atomic mass is 19.1. The van der Waals surface area contributed by atoms with Gasteiger partial charge in [-0.2, -0.15) is 4.80 Å². The molecule has 1 N–H and O–H groups in total. The van der Waals surface area contributed by atoms with E-state index in [0.29, 0.717) is 17.3 Å². The highest BCUT2D eigenvalue weighted by molar-refractivity contribution is 5.43. The van der Waals surface area contributed by atoms with E-state index in [9.17, 15) is 9.50 Å². The Bertz CT molecular complexity index is 712. The molecule has 0 saturated carbocycles. The van der Waals surface area contributed by atoms with Crippen molar-refractivity contribution >= 4 is 0 Å². The topological polar surface area (TPSA) is 86.2 Å². The number of nitrogens with zero attached hydrogens (tertiary/aromatic N) is 4. The minimum Gasteiger partial charge on any atom is -0.491 e. The fourth-order valence-electron chi connectivity index (χ4n) is 1.79. The normalized spacial score (nSPS) is 12.3. The van der Waals surface area contributed by atoms with Crippen LogP contribution >= 0.6 is 0 Å². The number of ether oxygens (including phenoxy) is 1. The zero-order valence-electron chi connectivity index (χ0n) is 11.5. The van der Waals surface area contributed by atoms with Gasteiger partial charge in [0.2, 0.25) is 5.82 Å². The second kappa shape index (κ2) is 6.35. The standard InChI is InChI=1S/C14H13FN4O3/c15-10-3-5-12(6-4-10)22-9-11(20)8-19-17-14(16-18-19)13-2-1-7-21-13/h1-7,11,20H,8-9H2. The number of furan rings is 1. The van der Waals surface area contributed by atoms with E-state index < -0.39 is 6.10 Å². The molecule has 8 heteroatoms. The Kier molecular flexibility index (Phi) is 4.10. The Hall–Kier alpha value is -2.74. The van der Waals surface area contributed by atoms with E-state index in [2.05, 4.69) is 15.4 Å². The number of halogens is 1. The van der Waals surface area contributed by atoms with Crippen molar-refractivity contribution in [3.05, 3.63) is 48.5 Å². The van der Waals surface area contributed by atoms with Crippen molar-refractivity contribution in [1.29, 1.82) is 0 Å². The minimum atomic E-state index is -0.830. The van der Waals surface area contributed by atoms with E-state index in [0.717, 1.165) is 0 Å². The van der Waals surface area contributed by atoms with E-state index in [1.807, 2.05) is 0 Å². The zero-order chi connectivity index (χ0) is 15.4. The number of hydrogen-bond acceptors (Lipinski definition) is 6. The molecule has 0 fully saturated rings. The van der Waals surface area contributed by atoms with Crippen LogP contribution in [-0.2, 0) is 6.54 Å². The van der Waals surface area contributed by atoms with Gasteiger partial charge in [0, 0.05) is 0 Å². The van der Waals surface area contributed by atoms with Gasteiger partial charge in [-0.1, -0.05) is 0 Å². The summed E-state index contributed by atoms with van der Waals surface area (Å²) in [6, 6.07) is 9.00. The summed E-state index contributed by atoms with van der Waals surface area (Å²) in [4.78, 5) is 1.26. The average Bonchev–Trinajstić information content (AvgIpc) is 3.17. The monoisotopic (exact) mass is 304 g/mol. The molecule has 2 aromatic heterocycles. The van der Waals surface area contributed by atoms with Crippen LogP contribution in [0.4, 0.5) is 4.39 Å². The van der Waals surface area contributed by atoms with Crippen LogP contribution < -0.4 is 4.74 Å². The molecule has 1 unspecified atom stereocenters. The molecule has 0 aliphatic carbocycles. The molecule has 0 bridgehead atoms. The maximum Gasteiger partial charge on any atom is 0.240 e. The summed E-state index contributed by atoms with van der Waals surface area (Å²) in [6.45, 7) is 0.151. The maximum atomic E-state index is 12.8. The molecule has 0 spiro atoms.